The van der Waals surface area contributed by atoms with Gasteiger partial charge in [-0.3, -0.25) is 14.8 Å². The van der Waals surface area contributed by atoms with Gasteiger partial charge >= 0.3 is 0 Å². The molecule has 190 valence electrons. The predicted molar refractivity (Wildman–Crippen MR) is 129 cm³/mol. The van der Waals surface area contributed by atoms with Gasteiger partial charge < -0.3 is 30.2 Å². The largest absolute Gasteiger partial charge is 0.486 e. The lowest BCUT2D eigenvalue weighted by molar-refractivity contribution is -0.124. The van der Waals surface area contributed by atoms with E-state index in [2.05, 4.69) is 25.2 Å². The molecule has 0 radical (unpaired) electrons. The average Bonchev–Trinajstić information content (AvgIpc) is 2.91. The van der Waals surface area contributed by atoms with Crippen molar-refractivity contribution in [2.75, 3.05) is 40.0 Å². The van der Waals surface area contributed by atoms with Gasteiger partial charge in [-0.1, -0.05) is 0 Å². The summed E-state index contributed by atoms with van der Waals surface area (Å²) < 4.78 is 31.0. The van der Waals surface area contributed by atoms with E-state index in [1.165, 1.54) is 13.3 Å². The molecule has 5 rings (SSSR count). The minimum Gasteiger partial charge on any atom is -0.486 e. The Morgan fingerprint density at radius 2 is 2.08 bits per heavy atom. The molecule has 3 aromatic heterocycles. The van der Waals surface area contributed by atoms with Gasteiger partial charge in [0.2, 0.25) is 11.8 Å². The first-order valence-corrected chi connectivity index (χ1v) is 12.0. The van der Waals surface area contributed by atoms with E-state index in [1.54, 1.807) is 18.3 Å². The third-order valence-electron chi connectivity index (χ3n) is 6.72. The maximum atomic E-state index is 14.7. The van der Waals surface area contributed by atoms with Crippen molar-refractivity contribution in [2.45, 2.75) is 25.4 Å². The molecule has 5 heterocycles. The first-order valence-electron chi connectivity index (χ1n) is 12.0. The number of carbonyl (C=O) groups excluding carboxylic acids is 1. The van der Waals surface area contributed by atoms with Gasteiger partial charge in [0, 0.05) is 43.4 Å². The fraction of sp³-hybridized carbons (Fsp3) is 0.440. The number of methoxy groups -OCH3 is 1. The van der Waals surface area contributed by atoms with E-state index in [4.69, 9.17) is 19.9 Å². The third-order valence-corrected chi connectivity index (χ3v) is 6.72. The molecule has 1 saturated heterocycles. The van der Waals surface area contributed by atoms with Crippen LogP contribution in [0.2, 0.25) is 0 Å². The molecule has 0 saturated carbocycles. The van der Waals surface area contributed by atoms with Gasteiger partial charge in [-0.05, 0) is 25.5 Å². The maximum Gasteiger partial charge on any atom is 0.223 e. The lowest BCUT2D eigenvalue weighted by Gasteiger charge is -2.37. The molecule has 1 fully saturated rings. The zero-order valence-electron chi connectivity index (χ0n) is 20.1. The molecule has 1 amide bonds. The summed E-state index contributed by atoms with van der Waals surface area (Å²) >= 11 is 0. The highest BCUT2D eigenvalue weighted by atomic mass is 19.1. The number of likely N-dealkylation sites (tertiary alicyclic amines) is 1. The molecule has 0 aliphatic carbocycles. The van der Waals surface area contributed by atoms with Crippen LogP contribution in [0.15, 0.2) is 30.6 Å². The zero-order valence-corrected chi connectivity index (χ0v) is 20.1. The van der Waals surface area contributed by atoms with Crippen LogP contribution in [-0.2, 0) is 17.8 Å². The van der Waals surface area contributed by atoms with Crippen LogP contribution in [0, 0.1) is 11.7 Å². The molecule has 0 bridgehead atoms. The number of nitrogens with one attached hydrogen (secondary N) is 1. The van der Waals surface area contributed by atoms with Crippen LogP contribution in [0.1, 0.15) is 17.7 Å². The van der Waals surface area contributed by atoms with Gasteiger partial charge in [-0.15, -0.1) is 0 Å². The molecule has 2 atom stereocenters. The van der Waals surface area contributed by atoms with Gasteiger partial charge in [0.1, 0.15) is 19.0 Å². The zero-order chi connectivity index (χ0) is 25.1. The number of fused-ring (bicyclic) bond motifs is 2. The molecule has 36 heavy (non-hydrogen) atoms. The number of rotatable bonds is 8. The summed E-state index contributed by atoms with van der Waals surface area (Å²) in [5, 5.41) is 3.44. The molecule has 3 aromatic rings. The third kappa shape index (κ3) is 5.17. The fourth-order valence-electron chi connectivity index (χ4n) is 4.78. The van der Waals surface area contributed by atoms with Gasteiger partial charge in [0.15, 0.2) is 11.5 Å². The van der Waals surface area contributed by atoms with Crippen molar-refractivity contribution in [3.05, 3.63) is 47.7 Å². The number of pyridine rings is 3. The number of carbonyl (C=O) groups is 1. The van der Waals surface area contributed by atoms with E-state index in [9.17, 15) is 9.18 Å². The van der Waals surface area contributed by atoms with Crippen molar-refractivity contribution in [3.63, 3.8) is 0 Å². The van der Waals surface area contributed by atoms with Gasteiger partial charge in [0.05, 0.1) is 42.1 Å². The summed E-state index contributed by atoms with van der Waals surface area (Å²) in [5.41, 5.74) is 8.15. The predicted octanol–water partition coefficient (Wildman–Crippen LogP) is 1.45. The molecular formula is C25H29FN6O4. The highest BCUT2D eigenvalue weighted by molar-refractivity contribution is 5.79. The van der Waals surface area contributed by atoms with Crippen molar-refractivity contribution < 1.29 is 23.4 Å². The van der Waals surface area contributed by atoms with Crippen LogP contribution in [-0.4, -0.2) is 71.8 Å². The van der Waals surface area contributed by atoms with Crippen molar-refractivity contribution in [3.8, 4) is 17.4 Å². The van der Waals surface area contributed by atoms with E-state index in [0.717, 1.165) is 18.7 Å². The fourth-order valence-corrected chi connectivity index (χ4v) is 4.78. The molecule has 1 unspecified atom stereocenters. The van der Waals surface area contributed by atoms with E-state index >= 15 is 0 Å². The van der Waals surface area contributed by atoms with Crippen LogP contribution in [0.25, 0.3) is 11.0 Å². The topological polar surface area (TPSA) is 125 Å². The van der Waals surface area contributed by atoms with E-state index in [0.29, 0.717) is 73.2 Å². The van der Waals surface area contributed by atoms with Crippen LogP contribution < -0.4 is 25.3 Å². The molecule has 0 aromatic carbocycles. The molecule has 11 heteroatoms. The van der Waals surface area contributed by atoms with Crippen LogP contribution in [0.3, 0.4) is 0 Å². The summed E-state index contributed by atoms with van der Waals surface area (Å²) in [4.78, 5) is 27.4. The van der Waals surface area contributed by atoms with Gasteiger partial charge in [0.25, 0.3) is 0 Å². The number of nitrogens with zero attached hydrogens (tertiary/aromatic N) is 4. The highest BCUT2D eigenvalue weighted by Gasteiger charge is 2.33. The van der Waals surface area contributed by atoms with E-state index < -0.39 is 5.82 Å². The second-order valence-corrected chi connectivity index (χ2v) is 8.96. The number of nitrogens with two attached hydrogens (primary N) is 1. The van der Waals surface area contributed by atoms with Gasteiger partial charge in [-0.2, -0.15) is 0 Å². The summed E-state index contributed by atoms with van der Waals surface area (Å²) in [6.45, 7) is 3.30. The molecule has 2 aliphatic heterocycles. The number of piperidine rings is 1. The first kappa shape index (κ1) is 24.1. The Bertz CT molecular complexity index is 1260. The molecule has 10 nitrogen and oxygen atoms in total. The van der Waals surface area contributed by atoms with Crippen molar-refractivity contribution in [1.29, 1.82) is 0 Å². The summed E-state index contributed by atoms with van der Waals surface area (Å²) in [5.74, 6) is 0.577. The smallest absolute Gasteiger partial charge is 0.223 e. The number of amides is 1. The summed E-state index contributed by atoms with van der Waals surface area (Å²) in [7, 11) is 1.52. The summed E-state index contributed by atoms with van der Waals surface area (Å²) in [6.07, 6.45) is 4.03. The Labute approximate surface area is 208 Å². The number of hydrogen-bond acceptors (Lipinski definition) is 9. The number of primary amides is 1. The second-order valence-electron chi connectivity index (χ2n) is 8.96. The normalized spacial score (nSPS) is 19.8. The van der Waals surface area contributed by atoms with E-state index in [1.807, 2.05) is 6.07 Å². The first-order chi connectivity index (χ1) is 17.5. The molecule has 3 N–H and O–H groups in total. The highest BCUT2D eigenvalue weighted by Crippen LogP contribution is 2.29. The van der Waals surface area contributed by atoms with Crippen LogP contribution >= 0.6 is 0 Å². The lowest BCUT2D eigenvalue weighted by atomic mass is 9.91. The minimum absolute atomic E-state index is 0.0850. The number of ether oxygens (including phenoxy) is 3. The summed E-state index contributed by atoms with van der Waals surface area (Å²) in [6, 6.07) is 5.23. The van der Waals surface area contributed by atoms with Crippen LogP contribution in [0.4, 0.5) is 4.39 Å². The van der Waals surface area contributed by atoms with Gasteiger partial charge in [-0.25, -0.2) is 9.37 Å². The quantitative estimate of drug-likeness (QED) is 0.477. The Hall–Kier alpha value is -3.57. The Balaban J connectivity index is 1.22. The minimum atomic E-state index is -0.404. The standard InChI is InChI=1S/C25H29FN6O4/c1-34-23-3-2-20-24(31-23)16(18(26)12-30-20)4-6-32-7-5-19(17(14-32)25(27)33)29-11-15-10-21-22(13-28-15)36-9-8-35-21/h2-3,10,12-13,17,19,29H,4-9,11,14H2,1H3,(H2,27,33)/t17?,19-/m0/s1. The SMILES string of the molecule is COc1ccc2ncc(F)c(CCN3CC[C@H](NCc4cc5c(cn4)OCCO5)C(C(N)=O)C3)c2n1. The van der Waals surface area contributed by atoms with Crippen molar-refractivity contribution in [2.24, 2.45) is 11.7 Å². The number of hydrogen-bond donors (Lipinski definition) is 2. The molecular weight excluding hydrogens is 467 g/mol. The average molecular weight is 497 g/mol. The molecule has 2 aliphatic rings. The Morgan fingerprint density at radius 3 is 2.89 bits per heavy atom. The maximum absolute atomic E-state index is 14.7. The van der Waals surface area contributed by atoms with Crippen molar-refractivity contribution in [1.82, 2.24) is 25.2 Å². The monoisotopic (exact) mass is 496 g/mol. The number of aromatic nitrogens is 3. The lowest BCUT2D eigenvalue weighted by Crippen LogP contribution is -2.54. The van der Waals surface area contributed by atoms with Crippen LogP contribution in [0.5, 0.6) is 17.4 Å². The Kier molecular flexibility index (Phi) is 7.10. The van der Waals surface area contributed by atoms with E-state index in [-0.39, 0.29) is 17.9 Å². The Morgan fingerprint density at radius 1 is 1.25 bits per heavy atom. The van der Waals surface area contributed by atoms with Crippen molar-refractivity contribution >= 4 is 16.9 Å². The molecule has 0 spiro atoms. The number of halogens is 1. The second kappa shape index (κ2) is 10.6.